The molecule has 21 heavy (non-hydrogen) atoms. The Bertz CT molecular complexity index is 691. The van der Waals surface area contributed by atoms with Gasteiger partial charge in [-0.25, -0.2) is 0 Å². The van der Waals surface area contributed by atoms with Crippen LogP contribution in [0.1, 0.15) is 0 Å². The average molecular weight is 285 g/mol. The quantitative estimate of drug-likeness (QED) is 0.782. The topological polar surface area (TPSA) is 95.3 Å². The van der Waals surface area contributed by atoms with Crippen LogP contribution in [0.2, 0.25) is 0 Å². The number of nitrogens with zero attached hydrogens (tertiary/aromatic N) is 3. The maximum atomic E-state index is 11.9. The van der Waals surface area contributed by atoms with E-state index in [0.29, 0.717) is 5.82 Å². The molecule has 1 aliphatic heterocycles. The predicted octanol–water partition coefficient (Wildman–Crippen LogP) is 0.464. The molecule has 0 unspecified atom stereocenters. The van der Waals surface area contributed by atoms with E-state index >= 15 is 0 Å². The first-order valence-electron chi connectivity index (χ1n) is 6.50. The second-order valence-electron chi connectivity index (χ2n) is 4.92. The number of anilines is 2. The molecule has 3 rings (SSSR count). The molecule has 0 radical (unpaired) electrons. The maximum Gasteiger partial charge on any atom is 0.248 e. The van der Waals surface area contributed by atoms with Gasteiger partial charge in [-0.2, -0.15) is 5.10 Å². The number of amides is 2. The number of para-hydroxylation sites is 1. The van der Waals surface area contributed by atoms with E-state index in [4.69, 9.17) is 5.73 Å². The van der Waals surface area contributed by atoms with E-state index in [2.05, 4.69) is 10.2 Å². The van der Waals surface area contributed by atoms with Crippen LogP contribution in [0.5, 0.6) is 0 Å². The Morgan fingerprint density at radius 3 is 2.43 bits per heavy atom. The molecule has 2 aromatic rings. The third-order valence-corrected chi connectivity index (χ3v) is 3.60. The first-order chi connectivity index (χ1) is 10.1. The number of likely N-dealkylation sites (N-methyl/N-ethyl adjacent to an activating group) is 1. The minimum absolute atomic E-state index is 0.164. The first kappa shape index (κ1) is 13.2. The Morgan fingerprint density at radius 2 is 1.81 bits per heavy atom. The number of hydrogen-bond acceptors (Lipinski definition) is 5. The fraction of sp³-hybridized carbons (Fsp3) is 0.214. The number of hydrogen-bond donors (Lipinski definition) is 2. The Morgan fingerprint density at radius 1 is 1.14 bits per heavy atom. The van der Waals surface area contributed by atoms with Crippen molar-refractivity contribution in [1.29, 1.82) is 0 Å². The van der Waals surface area contributed by atoms with Gasteiger partial charge in [0.05, 0.1) is 19.3 Å². The summed E-state index contributed by atoms with van der Waals surface area (Å²) in [6.45, 7) is 0.327. The molecular weight excluding hydrogens is 270 g/mol. The smallest absolute Gasteiger partial charge is 0.248 e. The highest BCUT2D eigenvalue weighted by atomic mass is 16.2. The molecule has 2 heterocycles. The molecule has 0 aliphatic carbocycles. The van der Waals surface area contributed by atoms with Gasteiger partial charge in [0.2, 0.25) is 11.8 Å². The van der Waals surface area contributed by atoms with Crippen molar-refractivity contribution in [2.45, 2.75) is 0 Å². The molecule has 1 aliphatic rings. The van der Waals surface area contributed by atoms with E-state index in [1.54, 1.807) is 11.1 Å². The maximum absolute atomic E-state index is 11.9. The number of carbonyl (C=O) groups excluding carboxylic acids is 2. The van der Waals surface area contributed by atoms with Gasteiger partial charge in [-0.1, -0.05) is 18.2 Å². The number of carbonyl (C=O) groups is 2. The number of nitrogens with two attached hydrogens (primary N) is 1. The van der Waals surface area contributed by atoms with Gasteiger partial charge in [-0.15, -0.1) is 0 Å². The molecule has 2 amide bonds. The molecule has 7 nitrogen and oxygen atoms in total. The molecule has 0 saturated carbocycles. The number of rotatable bonds is 2. The summed E-state index contributed by atoms with van der Waals surface area (Å²) in [6.07, 6.45) is 1.63. The van der Waals surface area contributed by atoms with Gasteiger partial charge in [0.25, 0.3) is 0 Å². The largest absolute Gasteiger partial charge is 0.384 e. The molecule has 108 valence electrons. The third kappa shape index (κ3) is 2.22. The zero-order chi connectivity index (χ0) is 15.0. The Labute approximate surface area is 121 Å². The van der Waals surface area contributed by atoms with Crippen LogP contribution in [0.4, 0.5) is 11.5 Å². The van der Waals surface area contributed by atoms with Crippen molar-refractivity contribution in [1.82, 2.24) is 15.1 Å². The van der Waals surface area contributed by atoms with Crippen molar-refractivity contribution in [3.05, 3.63) is 30.5 Å². The molecule has 0 atom stereocenters. The molecule has 7 heteroatoms. The molecule has 1 aromatic carbocycles. The zero-order valence-corrected chi connectivity index (χ0v) is 11.5. The Balaban J connectivity index is 2.02. The van der Waals surface area contributed by atoms with Crippen LogP contribution in [0.25, 0.3) is 11.1 Å². The number of nitrogen functional groups attached to an aromatic ring is 1. The van der Waals surface area contributed by atoms with E-state index in [0.717, 1.165) is 21.7 Å². The average Bonchev–Trinajstić information content (AvgIpc) is 2.90. The molecule has 0 bridgehead atoms. The highest BCUT2D eigenvalue weighted by molar-refractivity contribution is 6.03. The third-order valence-electron chi connectivity index (χ3n) is 3.60. The van der Waals surface area contributed by atoms with Crippen molar-refractivity contribution in [2.24, 2.45) is 0 Å². The summed E-state index contributed by atoms with van der Waals surface area (Å²) in [4.78, 5) is 26.7. The van der Waals surface area contributed by atoms with Crippen molar-refractivity contribution in [3.8, 4) is 11.1 Å². The fourth-order valence-corrected chi connectivity index (χ4v) is 2.39. The Hall–Kier alpha value is -2.83. The summed E-state index contributed by atoms with van der Waals surface area (Å²) < 4.78 is 0. The lowest BCUT2D eigenvalue weighted by Gasteiger charge is -2.33. The number of piperazine rings is 1. The second kappa shape index (κ2) is 4.93. The fourth-order valence-electron chi connectivity index (χ4n) is 2.39. The predicted molar refractivity (Wildman–Crippen MR) is 78.4 cm³/mol. The molecule has 0 spiro atoms. The summed E-state index contributed by atoms with van der Waals surface area (Å²) >= 11 is 0. The van der Waals surface area contributed by atoms with E-state index < -0.39 is 0 Å². The summed E-state index contributed by atoms with van der Waals surface area (Å²) in [7, 11) is 1.50. The van der Waals surface area contributed by atoms with E-state index in [-0.39, 0.29) is 24.9 Å². The van der Waals surface area contributed by atoms with Gasteiger partial charge in [-0.05, 0) is 6.07 Å². The van der Waals surface area contributed by atoms with Gasteiger partial charge in [0.1, 0.15) is 5.82 Å². The van der Waals surface area contributed by atoms with Crippen LogP contribution >= 0.6 is 0 Å². The number of aromatic nitrogens is 2. The molecule has 1 aromatic heterocycles. The van der Waals surface area contributed by atoms with E-state index in [1.807, 2.05) is 24.3 Å². The molecule has 3 N–H and O–H groups in total. The number of nitrogens with one attached hydrogen (secondary N) is 1. The first-order valence-corrected chi connectivity index (χ1v) is 6.50. The number of imide groups is 1. The summed E-state index contributed by atoms with van der Waals surface area (Å²) in [5, 5.41) is 6.60. The van der Waals surface area contributed by atoms with Crippen LogP contribution in [-0.4, -0.2) is 47.0 Å². The highest BCUT2D eigenvalue weighted by Gasteiger charge is 2.29. The lowest BCUT2D eigenvalue weighted by Crippen LogP contribution is -2.52. The molecule has 1 fully saturated rings. The second-order valence-corrected chi connectivity index (χ2v) is 4.92. The molecular formula is C14H15N5O2. The van der Waals surface area contributed by atoms with Crippen LogP contribution < -0.4 is 10.6 Å². The Kier molecular flexibility index (Phi) is 3.09. The van der Waals surface area contributed by atoms with Crippen LogP contribution in [0.15, 0.2) is 30.5 Å². The van der Waals surface area contributed by atoms with Crippen molar-refractivity contribution >= 4 is 23.3 Å². The van der Waals surface area contributed by atoms with E-state index in [9.17, 15) is 9.59 Å². The standard InChI is InChI=1S/C14H15N5O2/c1-18-12(20)7-19(8-13(18)21)11-5-3-2-4-9(11)10-6-16-17-14(10)15/h2-6H,7-8H2,1H3,(H3,15,16,17). The van der Waals surface area contributed by atoms with Gasteiger partial charge in [0, 0.05) is 23.9 Å². The summed E-state index contributed by atoms with van der Waals surface area (Å²) in [6, 6.07) is 7.50. The lowest BCUT2D eigenvalue weighted by molar-refractivity contribution is -0.143. The normalized spacial score (nSPS) is 15.7. The molecule has 1 saturated heterocycles. The number of aromatic amines is 1. The lowest BCUT2D eigenvalue weighted by atomic mass is 10.0. The van der Waals surface area contributed by atoms with Crippen LogP contribution in [0.3, 0.4) is 0 Å². The zero-order valence-electron chi connectivity index (χ0n) is 11.5. The van der Waals surface area contributed by atoms with Crippen LogP contribution in [-0.2, 0) is 9.59 Å². The van der Waals surface area contributed by atoms with Crippen molar-refractivity contribution in [2.75, 3.05) is 30.8 Å². The van der Waals surface area contributed by atoms with Gasteiger partial charge in [-0.3, -0.25) is 19.6 Å². The van der Waals surface area contributed by atoms with Crippen LogP contribution in [0, 0.1) is 0 Å². The highest BCUT2D eigenvalue weighted by Crippen LogP contribution is 2.33. The van der Waals surface area contributed by atoms with Gasteiger partial charge >= 0.3 is 0 Å². The van der Waals surface area contributed by atoms with Crippen molar-refractivity contribution < 1.29 is 9.59 Å². The SMILES string of the molecule is CN1C(=O)CN(c2ccccc2-c2cn[nH]c2N)CC1=O. The van der Waals surface area contributed by atoms with Crippen molar-refractivity contribution in [3.63, 3.8) is 0 Å². The minimum Gasteiger partial charge on any atom is -0.384 e. The monoisotopic (exact) mass is 285 g/mol. The van der Waals surface area contributed by atoms with Gasteiger partial charge < -0.3 is 10.6 Å². The van der Waals surface area contributed by atoms with E-state index in [1.165, 1.54) is 7.05 Å². The minimum atomic E-state index is -0.221. The number of H-pyrrole nitrogens is 1. The number of benzene rings is 1. The summed E-state index contributed by atoms with van der Waals surface area (Å²) in [5.74, 6) is 0.0108. The summed E-state index contributed by atoms with van der Waals surface area (Å²) in [5.41, 5.74) is 8.26. The van der Waals surface area contributed by atoms with Gasteiger partial charge in [0.15, 0.2) is 0 Å².